The maximum Gasteiger partial charge on any atom is 0.335 e. The second kappa shape index (κ2) is 5.01. The predicted octanol–water partition coefficient (Wildman–Crippen LogP) is 4.67. The monoisotopic (exact) mass is 280 g/mol. The molecule has 0 saturated carbocycles. The molecule has 0 aliphatic carbocycles. The summed E-state index contributed by atoms with van der Waals surface area (Å²) in [5, 5.41) is 10.1. The normalized spacial score (nSPS) is 10.4. The van der Waals surface area contributed by atoms with E-state index in [4.69, 9.17) is 28.3 Å². The van der Waals surface area contributed by atoms with Crippen LogP contribution in [0.2, 0.25) is 10.0 Å². The lowest BCUT2D eigenvalue weighted by Gasteiger charge is -2.06. The minimum absolute atomic E-state index is 0.251. The van der Waals surface area contributed by atoms with Crippen LogP contribution in [0.3, 0.4) is 0 Å². The van der Waals surface area contributed by atoms with Crippen molar-refractivity contribution in [2.75, 3.05) is 0 Å². The van der Waals surface area contributed by atoms with Gasteiger partial charge in [0.15, 0.2) is 0 Å². The van der Waals surface area contributed by atoms with Crippen molar-refractivity contribution in [1.82, 2.24) is 0 Å². The van der Waals surface area contributed by atoms with Gasteiger partial charge in [-0.2, -0.15) is 0 Å². The summed E-state index contributed by atoms with van der Waals surface area (Å²) in [7, 11) is 0. The van der Waals surface area contributed by atoms with Gasteiger partial charge in [-0.1, -0.05) is 29.3 Å². The van der Waals surface area contributed by atoms with E-state index in [1.807, 2.05) is 13.0 Å². The summed E-state index contributed by atoms with van der Waals surface area (Å²) in [6.45, 7) is 1.85. The zero-order valence-corrected chi connectivity index (χ0v) is 11.1. The number of rotatable bonds is 2. The number of hydrogen-bond donors (Lipinski definition) is 1. The molecule has 0 radical (unpaired) electrons. The van der Waals surface area contributed by atoms with Crippen molar-refractivity contribution in [3.05, 3.63) is 57.6 Å². The first-order valence-corrected chi connectivity index (χ1v) is 6.03. The van der Waals surface area contributed by atoms with Gasteiger partial charge in [0.2, 0.25) is 0 Å². The van der Waals surface area contributed by atoms with Gasteiger partial charge in [-0.3, -0.25) is 0 Å². The fourth-order valence-electron chi connectivity index (χ4n) is 1.79. The molecule has 0 bridgehead atoms. The van der Waals surface area contributed by atoms with Crippen LogP contribution in [0, 0.1) is 6.92 Å². The van der Waals surface area contributed by atoms with E-state index >= 15 is 0 Å². The number of benzene rings is 2. The minimum atomic E-state index is -0.951. The highest BCUT2D eigenvalue weighted by Gasteiger charge is 2.08. The van der Waals surface area contributed by atoms with Gasteiger partial charge in [-0.05, 0) is 53.9 Å². The third kappa shape index (κ3) is 2.84. The number of aromatic carboxylic acids is 1. The Hall–Kier alpha value is -1.51. The summed E-state index contributed by atoms with van der Waals surface area (Å²) < 4.78 is 0. The summed E-state index contributed by atoms with van der Waals surface area (Å²) in [5.74, 6) is -0.951. The average molecular weight is 281 g/mol. The first-order chi connectivity index (χ1) is 8.45. The first kappa shape index (κ1) is 12.9. The van der Waals surface area contributed by atoms with E-state index in [2.05, 4.69) is 0 Å². The van der Waals surface area contributed by atoms with Crippen molar-refractivity contribution in [2.45, 2.75) is 6.92 Å². The van der Waals surface area contributed by atoms with Crippen LogP contribution in [0.25, 0.3) is 11.1 Å². The number of hydrogen-bond acceptors (Lipinski definition) is 1. The molecule has 2 nitrogen and oxygen atoms in total. The number of carboxylic acid groups (broad SMARTS) is 1. The molecule has 0 saturated heterocycles. The van der Waals surface area contributed by atoms with E-state index in [-0.39, 0.29) is 5.56 Å². The summed E-state index contributed by atoms with van der Waals surface area (Å²) in [6, 6.07) is 10.3. The lowest BCUT2D eigenvalue weighted by atomic mass is 10.0. The molecule has 2 rings (SSSR count). The zero-order valence-electron chi connectivity index (χ0n) is 9.58. The van der Waals surface area contributed by atoms with Crippen LogP contribution >= 0.6 is 23.2 Å². The van der Waals surface area contributed by atoms with E-state index in [0.717, 1.165) is 16.7 Å². The van der Waals surface area contributed by atoms with Gasteiger partial charge in [0.1, 0.15) is 0 Å². The van der Waals surface area contributed by atoms with Crippen LogP contribution in [0.4, 0.5) is 0 Å². The Morgan fingerprint density at radius 1 is 0.944 bits per heavy atom. The van der Waals surface area contributed by atoms with Gasteiger partial charge < -0.3 is 5.11 Å². The van der Waals surface area contributed by atoms with E-state index in [1.165, 1.54) is 0 Å². The maximum absolute atomic E-state index is 11.0. The van der Waals surface area contributed by atoms with E-state index in [1.54, 1.807) is 30.3 Å². The molecule has 0 fully saturated rings. The van der Waals surface area contributed by atoms with E-state index in [0.29, 0.717) is 10.0 Å². The first-order valence-electron chi connectivity index (χ1n) is 5.27. The van der Waals surface area contributed by atoms with Crippen molar-refractivity contribution in [3.8, 4) is 11.1 Å². The molecule has 0 spiro atoms. The Morgan fingerprint density at radius 3 is 2.06 bits per heavy atom. The zero-order chi connectivity index (χ0) is 13.3. The largest absolute Gasteiger partial charge is 0.478 e. The summed E-state index contributed by atoms with van der Waals surface area (Å²) in [6.07, 6.45) is 0. The Labute approximate surface area is 115 Å². The van der Waals surface area contributed by atoms with Crippen LogP contribution in [0.15, 0.2) is 36.4 Å². The van der Waals surface area contributed by atoms with Crippen LogP contribution in [-0.2, 0) is 0 Å². The summed E-state index contributed by atoms with van der Waals surface area (Å²) in [5.41, 5.74) is 2.72. The smallest absolute Gasteiger partial charge is 0.335 e. The Balaban J connectivity index is 2.59. The van der Waals surface area contributed by atoms with Crippen molar-refractivity contribution >= 4 is 29.2 Å². The molecule has 0 heterocycles. The fraction of sp³-hybridized carbons (Fsp3) is 0.0714. The molecule has 0 amide bonds. The molecular formula is C14H10Cl2O2. The maximum atomic E-state index is 11.0. The quantitative estimate of drug-likeness (QED) is 0.868. The molecule has 0 atom stereocenters. The summed E-state index contributed by atoms with van der Waals surface area (Å²) >= 11 is 11.9. The molecule has 2 aromatic carbocycles. The van der Waals surface area contributed by atoms with Crippen molar-refractivity contribution < 1.29 is 9.90 Å². The molecule has 0 aliphatic heterocycles. The Kier molecular flexibility index (Phi) is 3.60. The van der Waals surface area contributed by atoms with E-state index < -0.39 is 5.97 Å². The van der Waals surface area contributed by atoms with Gasteiger partial charge in [-0.15, -0.1) is 0 Å². The number of carboxylic acids is 1. The van der Waals surface area contributed by atoms with E-state index in [9.17, 15) is 4.79 Å². The molecular weight excluding hydrogens is 271 g/mol. The van der Waals surface area contributed by atoms with Crippen molar-refractivity contribution in [2.24, 2.45) is 0 Å². The predicted molar refractivity (Wildman–Crippen MR) is 73.6 cm³/mol. The molecule has 18 heavy (non-hydrogen) atoms. The SMILES string of the molecule is Cc1cc(C(=O)O)cc(-c2cc(Cl)cc(Cl)c2)c1. The highest BCUT2D eigenvalue weighted by Crippen LogP contribution is 2.28. The van der Waals surface area contributed by atoms with Gasteiger partial charge in [0.25, 0.3) is 0 Å². The second-order valence-electron chi connectivity index (χ2n) is 4.05. The van der Waals surface area contributed by atoms with Crippen LogP contribution < -0.4 is 0 Å². The highest BCUT2D eigenvalue weighted by molar-refractivity contribution is 6.35. The third-order valence-corrected chi connectivity index (χ3v) is 2.96. The minimum Gasteiger partial charge on any atom is -0.478 e. The fourth-order valence-corrected chi connectivity index (χ4v) is 2.32. The molecule has 2 aromatic rings. The molecule has 4 heteroatoms. The van der Waals surface area contributed by atoms with Gasteiger partial charge in [0.05, 0.1) is 5.56 Å². The van der Waals surface area contributed by atoms with Crippen LogP contribution in [0.5, 0.6) is 0 Å². The van der Waals surface area contributed by atoms with Gasteiger partial charge in [0, 0.05) is 10.0 Å². The molecule has 0 aliphatic rings. The molecule has 0 aromatic heterocycles. The second-order valence-corrected chi connectivity index (χ2v) is 4.92. The molecule has 92 valence electrons. The Bertz CT molecular complexity index is 601. The lowest BCUT2D eigenvalue weighted by molar-refractivity contribution is 0.0697. The van der Waals surface area contributed by atoms with Crippen LogP contribution in [-0.4, -0.2) is 11.1 Å². The number of halogens is 2. The van der Waals surface area contributed by atoms with Gasteiger partial charge >= 0.3 is 5.97 Å². The highest BCUT2D eigenvalue weighted by atomic mass is 35.5. The topological polar surface area (TPSA) is 37.3 Å². The number of carbonyl (C=O) groups is 1. The van der Waals surface area contributed by atoms with Crippen LogP contribution in [0.1, 0.15) is 15.9 Å². The standard InChI is InChI=1S/C14H10Cl2O2/c1-8-2-9(4-11(3-8)14(17)18)10-5-12(15)7-13(16)6-10/h2-7H,1H3,(H,17,18). The van der Waals surface area contributed by atoms with Crippen molar-refractivity contribution in [1.29, 1.82) is 0 Å². The molecule has 1 N–H and O–H groups in total. The summed E-state index contributed by atoms with van der Waals surface area (Å²) in [4.78, 5) is 11.0. The number of aryl methyl sites for hydroxylation is 1. The third-order valence-electron chi connectivity index (χ3n) is 2.52. The molecule has 0 unspecified atom stereocenters. The lowest BCUT2D eigenvalue weighted by Crippen LogP contribution is -1.97. The van der Waals surface area contributed by atoms with Crippen molar-refractivity contribution in [3.63, 3.8) is 0 Å². The average Bonchev–Trinajstić information content (AvgIpc) is 2.26. The van der Waals surface area contributed by atoms with Gasteiger partial charge in [-0.25, -0.2) is 4.79 Å². The Morgan fingerprint density at radius 2 is 1.50 bits per heavy atom.